The van der Waals surface area contributed by atoms with E-state index in [0.717, 1.165) is 5.56 Å². The van der Waals surface area contributed by atoms with Gasteiger partial charge in [0.15, 0.2) is 21.4 Å². The molecule has 2 N–H and O–H groups in total. The van der Waals surface area contributed by atoms with Crippen LogP contribution in [0.1, 0.15) is 51.5 Å². The number of aliphatic hydroxyl groups is 1. The van der Waals surface area contributed by atoms with Crippen LogP contribution < -0.4 is 10.1 Å². The highest BCUT2D eigenvalue weighted by Crippen LogP contribution is 2.50. The number of rotatable bonds is 12. The lowest BCUT2D eigenvalue weighted by Crippen LogP contribution is -2.29. The molecule has 1 saturated heterocycles. The second kappa shape index (κ2) is 9.35. The fraction of sp³-hybridized carbons (Fsp3) is 0.636. The molecule has 1 aliphatic heterocycles. The summed E-state index contributed by atoms with van der Waals surface area (Å²) >= 11 is 0. The van der Waals surface area contributed by atoms with E-state index in [2.05, 4.69) is 5.32 Å². The number of benzene rings is 1. The third kappa shape index (κ3) is 6.65. The molecular formula is C22H31FN2O6S. The summed E-state index contributed by atoms with van der Waals surface area (Å²) in [4.78, 5) is 24.1. The molecule has 2 fully saturated rings. The van der Waals surface area contributed by atoms with Crippen molar-refractivity contribution in [1.29, 1.82) is 0 Å². The molecule has 0 spiro atoms. The van der Waals surface area contributed by atoms with E-state index in [9.17, 15) is 27.5 Å². The lowest BCUT2D eigenvalue weighted by atomic mass is 9.98. The summed E-state index contributed by atoms with van der Waals surface area (Å²) in [5, 5.41) is 12.0. The zero-order valence-electron chi connectivity index (χ0n) is 18.5. The van der Waals surface area contributed by atoms with Crippen LogP contribution in [-0.4, -0.2) is 67.2 Å². The number of halogens is 1. The number of urea groups is 1. The van der Waals surface area contributed by atoms with E-state index < -0.39 is 32.7 Å². The molecule has 1 heterocycles. The third-order valence-corrected chi connectivity index (χ3v) is 7.63. The second-order valence-corrected chi connectivity index (χ2v) is 11.6. The summed E-state index contributed by atoms with van der Waals surface area (Å²) in [7, 11) is -3.32. The molecule has 3 amide bonds. The Bertz CT molecular complexity index is 969. The van der Waals surface area contributed by atoms with Gasteiger partial charge in [0.2, 0.25) is 5.91 Å². The van der Waals surface area contributed by atoms with Gasteiger partial charge in [-0.05, 0) is 57.2 Å². The van der Waals surface area contributed by atoms with Gasteiger partial charge in [0, 0.05) is 12.0 Å². The fourth-order valence-electron chi connectivity index (χ4n) is 3.82. The van der Waals surface area contributed by atoms with Gasteiger partial charge in [-0.25, -0.2) is 17.6 Å². The summed E-state index contributed by atoms with van der Waals surface area (Å²) < 4.78 is 45.0. The van der Waals surface area contributed by atoms with E-state index >= 15 is 0 Å². The van der Waals surface area contributed by atoms with Crippen LogP contribution >= 0.6 is 0 Å². The molecule has 1 aromatic rings. The number of unbranched alkanes of at least 4 members (excludes halogenated alkanes) is 2. The normalized spacial score (nSPS) is 18.1. The van der Waals surface area contributed by atoms with Crippen molar-refractivity contribution in [3.8, 4) is 5.75 Å². The smallest absolute Gasteiger partial charge is 0.324 e. The topological polar surface area (TPSA) is 113 Å². The molecule has 0 bridgehead atoms. The van der Waals surface area contributed by atoms with Crippen LogP contribution in [0.15, 0.2) is 18.2 Å². The summed E-state index contributed by atoms with van der Waals surface area (Å²) in [6, 6.07) is 4.04. The van der Waals surface area contributed by atoms with E-state index in [-0.39, 0.29) is 36.3 Å². The largest absolute Gasteiger partial charge is 0.488 e. The molecule has 0 atom stereocenters. The number of carbonyl (C=O) groups is 2. The average Bonchev–Trinajstić information content (AvgIpc) is 3.37. The Balaban J connectivity index is 1.51. The van der Waals surface area contributed by atoms with E-state index in [1.54, 1.807) is 26.0 Å². The molecule has 0 unspecified atom stereocenters. The summed E-state index contributed by atoms with van der Waals surface area (Å²) in [5.74, 6) is -0.813. The Labute approximate surface area is 188 Å². The molecule has 178 valence electrons. The Kier molecular flexibility index (Phi) is 7.14. The van der Waals surface area contributed by atoms with Crippen molar-refractivity contribution < 1.29 is 32.2 Å². The average molecular weight is 471 g/mol. The number of imide groups is 1. The minimum absolute atomic E-state index is 0.000399. The van der Waals surface area contributed by atoms with Gasteiger partial charge in [0.1, 0.15) is 13.2 Å². The maximum atomic E-state index is 14.1. The van der Waals surface area contributed by atoms with Crippen molar-refractivity contribution in [1.82, 2.24) is 10.2 Å². The predicted molar refractivity (Wildman–Crippen MR) is 117 cm³/mol. The zero-order chi connectivity index (χ0) is 23.6. The number of nitrogens with zero attached hydrogens (tertiary/aromatic N) is 1. The summed E-state index contributed by atoms with van der Waals surface area (Å²) in [6.45, 7) is 3.52. The van der Waals surface area contributed by atoms with Gasteiger partial charge in [-0.3, -0.25) is 10.1 Å². The van der Waals surface area contributed by atoms with Crippen molar-refractivity contribution in [2.24, 2.45) is 0 Å². The van der Waals surface area contributed by atoms with Gasteiger partial charge in [0.25, 0.3) is 0 Å². The highest BCUT2D eigenvalue weighted by molar-refractivity contribution is 7.91. The molecule has 0 aromatic heterocycles. The number of hydrogen-bond donors (Lipinski definition) is 2. The molecule has 10 heteroatoms. The fourth-order valence-corrected chi connectivity index (χ4v) is 5.91. The van der Waals surface area contributed by atoms with Gasteiger partial charge in [-0.1, -0.05) is 12.5 Å². The summed E-state index contributed by atoms with van der Waals surface area (Å²) in [6.07, 6.45) is 3.16. The Morgan fingerprint density at radius 3 is 2.53 bits per heavy atom. The predicted octanol–water partition coefficient (Wildman–Crippen LogP) is 2.14. The second-order valence-electron chi connectivity index (χ2n) is 9.45. The first-order valence-corrected chi connectivity index (χ1v) is 12.7. The molecule has 2 aliphatic rings. The van der Waals surface area contributed by atoms with E-state index in [1.807, 2.05) is 0 Å². The minimum atomic E-state index is -3.32. The molecule has 1 aromatic carbocycles. The number of ether oxygens (including phenoxy) is 1. The van der Waals surface area contributed by atoms with E-state index in [1.165, 1.54) is 11.0 Å². The number of nitrogens with one attached hydrogen (secondary N) is 1. The first-order chi connectivity index (χ1) is 14.9. The maximum absolute atomic E-state index is 14.1. The van der Waals surface area contributed by atoms with Crippen LogP contribution in [0.25, 0.3) is 0 Å². The Morgan fingerprint density at radius 1 is 1.22 bits per heavy atom. The van der Waals surface area contributed by atoms with Crippen LogP contribution in [0, 0.1) is 5.82 Å². The minimum Gasteiger partial charge on any atom is -0.488 e. The Hall–Kier alpha value is -2.20. The Morgan fingerprint density at radius 2 is 1.94 bits per heavy atom. The molecule has 32 heavy (non-hydrogen) atoms. The van der Waals surface area contributed by atoms with Crippen molar-refractivity contribution in [2.75, 3.05) is 31.2 Å². The zero-order valence-corrected chi connectivity index (χ0v) is 19.3. The number of carbonyl (C=O) groups excluding carboxylic acids is 2. The lowest BCUT2D eigenvalue weighted by molar-refractivity contribution is -0.118. The summed E-state index contributed by atoms with van der Waals surface area (Å²) in [5.41, 5.74) is -0.900. The SMILES string of the molecule is CC(C)(O)COc1cc(C2(CS(=O)(=O)CCCCCN3CC(=O)NC3=O)CC2)ccc1F. The number of amides is 3. The van der Waals surface area contributed by atoms with Crippen LogP contribution in [0.2, 0.25) is 0 Å². The number of hydrogen-bond acceptors (Lipinski definition) is 6. The van der Waals surface area contributed by atoms with Crippen molar-refractivity contribution in [2.45, 2.75) is 57.0 Å². The maximum Gasteiger partial charge on any atom is 0.324 e. The van der Waals surface area contributed by atoms with Gasteiger partial charge < -0.3 is 14.7 Å². The van der Waals surface area contributed by atoms with Gasteiger partial charge in [-0.2, -0.15) is 0 Å². The molecule has 3 rings (SSSR count). The standard InChI is InChI=1S/C22H31FN2O6S/c1-21(2,28)14-31-18-12-16(6-7-17(18)23)22(8-9-22)15-32(29,30)11-5-3-4-10-25-13-19(26)24-20(25)27/h6-7,12,28H,3-5,8-11,13-15H2,1-2H3,(H,24,26,27). The molecule has 1 saturated carbocycles. The van der Waals surface area contributed by atoms with Crippen LogP contribution in [0.3, 0.4) is 0 Å². The molecule has 0 radical (unpaired) electrons. The number of sulfone groups is 1. The third-order valence-electron chi connectivity index (χ3n) is 5.73. The van der Waals surface area contributed by atoms with Crippen LogP contribution in [0.4, 0.5) is 9.18 Å². The van der Waals surface area contributed by atoms with Gasteiger partial charge in [0.05, 0.1) is 17.1 Å². The first kappa shape index (κ1) is 24.4. The lowest BCUT2D eigenvalue weighted by Gasteiger charge is -2.20. The first-order valence-electron chi connectivity index (χ1n) is 10.8. The van der Waals surface area contributed by atoms with Crippen molar-refractivity contribution in [3.63, 3.8) is 0 Å². The monoisotopic (exact) mass is 470 g/mol. The van der Waals surface area contributed by atoms with E-state index in [4.69, 9.17) is 4.74 Å². The van der Waals surface area contributed by atoms with Gasteiger partial charge in [-0.15, -0.1) is 0 Å². The van der Waals surface area contributed by atoms with Crippen LogP contribution in [-0.2, 0) is 20.0 Å². The van der Waals surface area contributed by atoms with Crippen molar-refractivity contribution >= 4 is 21.8 Å². The molecule has 8 nitrogen and oxygen atoms in total. The quantitative estimate of drug-likeness (QED) is 0.358. The van der Waals surface area contributed by atoms with E-state index in [0.29, 0.717) is 38.6 Å². The molecule has 1 aliphatic carbocycles. The van der Waals surface area contributed by atoms with Gasteiger partial charge >= 0.3 is 6.03 Å². The van der Waals surface area contributed by atoms with Crippen molar-refractivity contribution in [3.05, 3.63) is 29.6 Å². The highest BCUT2D eigenvalue weighted by Gasteiger charge is 2.47. The highest BCUT2D eigenvalue weighted by atomic mass is 32.2. The van der Waals surface area contributed by atoms with Crippen LogP contribution in [0.5, 0.6) is 5.75 Å². The molecular weight excluding hydrogens is 439 g/mol.